The predicted molar refractivity (Wildman–Crippen MR) is 49.4 cm³/mol. The van der Waals surface area contributed by atoms with Crippen LogP contribution in [0.2, 0.25) is 5.02 Å². The lowest BCUT2D eigenvalue weighted by Crippen LogP contribution is -2.56. The summed E-state index contributed by atoms with van der Waals surface area (Å²) in [5.41, 5.74) is 5.57. The first-order chi connectivity index (χ1) is 6.16. The van der Waals surface area contributed by atoms with E-state index in [1.165, 1.54) is 12.3 Å². The predicted octanol–water partition coefficient (Wildman–Crippen LogP) is 1.02. The zero-order valence-electron chi connectivity index (χ0n) is 6.87. The van der Waals surface area contributed by atoms with Crippen molar-refractivity contribution < 1.29 is 4.39 Å². The molecule has 0 atom stereocenters. The molecule has 70 valence electrons. The van der Waals surface area contributed by atoms with E-state index < -0.39 is 0 Å². The summed E-state index contributed by atoms with van der Waals surface area (Å²) < 4.78 is 13.2. The molecular weight excluding hydrogens is 193 g/mol. The van der Waals surface area contributed by atoms with Crippen molar-refractivity contribution in [2.45, 2.75) is 6.04 Å². The number of hydrogen-bond donors (Lipinski definition) is 1. The van der Waals surface area contributed by atoms with Crippen molar-refractivity contribution >= 4 is 17.4 Å². The molecule has 2 rings (SSSR count). The van der Waals surface area contributed by atoms with Gasteiger partial charge in [-0.05, 0) is 6.07 Å². The first kappa shape index (κ1) is 8.72. The molecule has 1 aliphatic heterocycles. The van der Waals surface area contributed by atoms with Crippen molar-refractivity contribution in [3.8, 4) is 0 Å². The summed E-state index contributed by atoms with van der Waals surface area (Å²) in [6.07, 6.45) is 1.43. The fourth-order valence-corrected chi connectivity index (χ4v) is 1.47. The van der Waals surface area contributed by atoms with Crippen molar-refractivity contribution in [2.24, 2.45) is 5.73 Å². The van der Waals surface area contributed by atoms with Gasteiger partial charge in [0.2, 0.25) is 0 Å². The molecule has 1 aromatic heterocycles. The second-order valence-electron chi connectivity index (χ2n) is 3.12. The minimum atomic E-state index is -0.389. The number of nitrogens with two attached hydrogens (primary N) is 1. The van der Waals surface area contributed by atoms with Gasteiger partial charge in [0.15, 0.2) is 11.6 Å². The van der Waals surface area contributed by atoms with Crippen LogP contribution in [0.5, 0.6) is 0 Å². The summed E-state index contributed by atoms with van der Waals surface area (Å²) in [6, 6.07) is 1.39. The van der Waals surface area contributed by atoms with Crippen molar-refractivity contribution in [1.82, 2.24) is 4.98 Å². The summed E-state index contributed by atoms with van der Waals surface area (Å²) in [7, 11) is 0. The van der Waals surface area contributed by atoms with Gasteiger partial charge in [-0.15, -0.1) is 0 Å². The summed E-state index contributed by atoms with van der Waals surface area (Å²) in [6.45, 7) is 1.32. The molecule has 1 aliphatic rings. The molecule has 1 aromatic rings. The number of hydrogen-bond acceptors (Lipinski definition) is 3. The van der Waals surface area contributed by atoms with Gasteiger partial charge in [-0.25, -0.2) is 9.37 Å². The Balaban J connectivity index is 2.21. The van der Waals surface area contributed by atoms with Crippen LogP contribution in [-0.2, 0) is 0 Å². The fraction of sp³-hybridized carbons (Fsp3) is 0.375. The van der Waals surface area contributed by atoms with Gasteiger partial charge in [0.25, 0.3) is 0 Å². The Morgan fingerprint density at radius 2 is 2.31 bits per heavy atom. The summed E-state index contributed by atoms with van der Waals surface area (Å²) in [4.78, 5) is 5.69. The number of nitrogens with zero attached hydrogens (tertiary/aromatic N) is 2. The number of rotatable bonds is 1. The molecule has 13 heavy (non-hydrogen) atoms. The first-order valence-electron chi connectivity index (χ1n) is 3.98. The van der Waals surface area contributed by atoms with E-state index >= 15 is 0 Å². The van der Waals surface area contributed by atoms with Gasteiger partial charge in [-0.2, -0.15) is 0 Å². The zero-order chi connectivity index (χ0) is 9.42. The molecule has 0 bridgehead atoms. The van der Waals surface area contributed by atoms with E-state index in [1.54, 1.807) is 4.90 Å². The Hall–Kier alpha value is -0.870. The lowest BCUT2D eigenvalue weighted by Gasteiger charge is -2.37. The van der Waals surface area contributed by atoms with Gasteiger partial charge in [0.05, 0.1) is 5.02 Å². The van der Waals surface area contributed by atoms with E-state index in [2.05, 4.69) is 4.98 Å². The van der Waals surface area contributed by atoms with Gasteiger partial charge >= 0.3 is 0 Å². The highest BCUT2D eigenvalue weighted by Gasteiger charge is 2.26. The van der Waals surface area contributed by atoms with Gasteiger partial charge in [-0.3, -0.25) is 0 Å². The molecule has 0 aromatic carbocycles. The molecule has 1 saturated heterocycles. The van der Waals surface area contributed by atoms with Crippen molar-refractivity contribution in [2.75, 3.05) is 18.0 Å². The van der Waals surface area contributed by atoms with Crippen LogP contribution >= 0.6 is 11.6 Å². The highest BCUT2D eigenvalue weighted by molar-refractivity contribution is 6.30. The van der Waals surface area contributed by atoms with Crippen LogP contribution in [0.4, 0.5) is 10.2 Å². The highest BCUT2D eigenvalue weighted by atomic mass is 35.5. The van der Waals surface area contributed by atoms with Crippen molar-refractivity contribution in [3.63, 3.8) is 0 Å². The Morgan fingerprint density at radius 1 is 1.62 bits per heavy atom. The Bertz CT molecular complexity index is 325. The quantitative estimate of drug-likeness (QED) is 0.738. The standard InChI is InChI=1S/C8H9ClFN3/c9-5-1-7(10)8(12-2-5)13-3-6(11)4-13/h1-2,6H,3-4,11H2. The third kappa shape index (κ3) is 1.59. The molecule has 0 amide bonds. The van der Waals surface area contributed by atoms with E-state index in [4.69, 9.17) is 17.3 Å². The molecule has 1 fully saturated rings. The van der Waals surface area contributed by atoms with Gasteiger partial charge in [-0.1, -0.05) is 11.6 Å². The average molecular weight is 202 g/mol. The number of aromatic nitrogens is 1. The van der Waals surface area contributed by atoms with E-state index in [0.29, 0.717) is 23.9 Å². The van der Waals surface area contributed by atoms with Gasteiger partial charge in [0.1, 0.15) is 0 Å². The van der Waals surface area contributed by atoms with Crippen molar-refractivity contribution in [3.05, 3.63) is 23.1 Å². The van der Waals surface area contributed by atoms with Crippen molar-refractivity contribution in [1.29, 1.82) is 0 Å². The Morgan fingerprint density at radius 3 is 2.85 bits per heavy atom. The topological polar surface area (TPSA) is 42.1 Å². The molecule has 0 spiro atoms. The SMILES string of the molecule is NC1CN(c2ncc(Cl)cc2F)C1. The van der Waals surface area contributed by atoms with Crippen LogP contribution < -0.4 is 10.6 Å². The Labute approximate surface area is 80.3 Å². The fourth-order valence-electron chi connectivity index (χ4n) is 1.33. The summed E-state index contributed by atoms with van der Waals surface area (Å²) >= 11 is 5.57. The first-order valence-corrected chi connectivity index (χ1v) is 4.36. The minimum absolute atomic E-state index is 0.136. The third-order valence-corrected chi connectivity index (χ3v) is 2.20. The molecular formula is C8H9ClFN3. The third-order valence-electron chi connectivity index (χ3n) is 2.00. The molecule has 0 saturated carbocycles. The smallest absolute Gasteiger partial charge is 0.167 e. The van der Waals surface area contributed by atoms with Gasteiger partial charge < -0.3 is 10.6 Å². The lowest BCUT2D eigenvalue weighted by molar-refractivity contribution is 0.498. The van der Waals surface area contributed by atoms with E-state index in [1.807, 2.05) is 0 Å². The minimum Gasteiger partial charge on any atom is -0.351 e. The average Bonchev–Trinajstić information content (AvgIpc) is 2.00. The van der Waals surface area contributed by atoms with E-state index in [0.717, 1.165) is 0 Å². The number of anilines is 1. The van der Waals surface area contributed by atoms with Crippen LogP contribution in [0.1, 0.15) is 0 Å². The zero-order valence-corrected chi connectivity index (χ0v) is 7.63. The van der Waals surface area contributed by atoms with Crippen LogP contribution in [0.3, 0.4) is 0 Å². The van der Waals surface area contributed by atoms with Crippen LogP contribution in [0.25, 0.3) is 0 Å². The Kier molecular flexibility index (Phi) is 2.09. The molecule has 3 nitrogen and oxygen atoms in total. The molecule has 5 heteroatoms. The number of pyridine rings is 1. The second kappa shape index (κ2) is 3.12. The monoisotopic (exact) mass is 201 g/mol. The lowest BCUT2D eigenvalue weighted by atomic mass is 10.1. The largest absolute Gasteiger partial charge is 0.351 e. The summed E-state index contributed by atoms with van der Waals surface area (Å²) in [5, 5.41) is 0.311. The van der Waals surface area contributed by atoms with E-state index in [-0.39, 0.29) is 11.9 Å². The molecule has 0 unspecified atom stereocenters. The highest BCUT2D eigenvalue weighted by Crippen LogP contribution is 2.22. The van der Waals surface area contributed by atoms with Crippen LogP contribution in [-0.4, -0.2) is 24.1 Å². The number of halogens is 2. The molecule has 2 heterocycles. The molecule has 2 N–H and O–H groups in total. The van der Waals surface area contributed by atoms with Crippen LogP contribution in [0.15, 0.2) is 12.3 Å². The molecule has 0 aliphatic carbocycles. The maximum Gasteiger partial charge on any atom is 0.167 e. The maximum atomic E-state index is 13.2. The summed E-state index contributed by atoms with van der Waals surface area (Å²) in [5.74, 6) is -0.0505. The van der Waals surface area contributed by atoms with E-state index in [9.17, 15) is 4.39 Å². The normalized spacial score (nSPS) is 17.3. The van der Waals surface area contributed by atoms with Crippen LogP contribution in [0, 0.1) is 5.82 Å². The second-order valence-corrected chi connectivity index (χ2v) is 3.56. The van der Waals surface area contributed by atoms with Gasteiger partial charge in [0, 0.05) is 25.3 Å². The molecule has 0 radical (unpaired) electrons. The maximum absolute atomic E-state index is 13.2.